The summed E-state index contributed by atoms with van der Waals surface area (Å²) in [5.41, 5.74) is 2.72. The van der Waals surface area contributed by atoms with Crippen molar-refractivity contribution in [3.63, 3.8) is 0 Å². The molecule has 0 heterocycles. The van der Waals surface area contributed by atoms with E-state index >= 15 is 0 Å². The number of benzene rings is 2. The second kappa shape index (κ2) is 9.36. The third-order valence-corrected chi connectivity index (χ3v) is 4.14. The molecule has 0 fully saturated rings. The van der Waals surface area contributed by atoms with Gasteiger partial charge >= 0.3 is 0 Å². The van der Waals surface area contributed by atoms with Gasteiger partial charge in [0, 0.05) is 16.3 Å². The van der Waals surface area contributed by atoms with E-state index in [1.54, 1.807) is 24.3 Å². The SMILES string of the molecule is CCCCCCCc1ccc(C(=O)Nc2ccc(Cl)cc2)cc1. The number of anilines is 1. The Hall–Kier alpha value is -1.80. The van der Waals surface area contributed by atoms with Crippen LogP contribution in [0, 0.1) is 0 Å². The van der Waals surface area contributed by atoms with Crippen molar-refractivity contribution in [2.24, 2.45) is 0 Å². The average molecular weight is 330 g/mol. The molecule has 0 spiro atoms. The number of carbonyl (C=O) groups is 1. The normalized spacial score (nSPS) is 10.5. The summed E-state index contributed by atoms with van der Waals surface area (Å²) in [7, 11) is 0. The van der Waals surface area contributed by atoms with Gasteiger partial charge in [0.05, 0.1) is 0 Å². The Morgan fingerprint density at radius 3 is 2.22 bits per heavy atom. The van der Waals surface area contributed by atoms with Gasteiger partial charge in [-0.25, -0.2) is 0 Å². The van der Waals surface area contributed by atoms with Gasteiger partial charge < -0.3 is 5.32 Å². The lowest BCUT2D eigenvalue weighted by Gasteiger charge is -2.07. The first-order chi connectivity index (χ1) is 11.2. The molecule has 0 aliphatic heterocycles. The Morgan fingerprint density at radius 1 is 0.913 bits per heavy atom. The molecule has 2 aromatic carbocycles. The Kier molecular flexibility index (Phi) is 7.15. The number of nitrogens with one attached hydrogen (secondary N) is 1. The van der Waals surface area contributed by atoms with Crippen LogP contribution in [0.2, 0.25) is 5.02 Å². The highest BCUT2D eigenvalue weighted by Gasteiger charge is 2.06. The summed E-state index contributed by atoms with van der Waals surface area (Å²) in [4.78, 5) is 12.2. The van der Waals surface area contributed by atoms with E-state index in [2.05, 4.69) is 24.4 Å². The van der Waals surface area contributed by atoms with Gasteiger partial charge in [-0.2, -0.15) is 0 Å². The lowest BCUT2D eigenvalue weighted by atomic mass is 10.0. The maximum Gasteiger partial charge on any atom is 0.255 e. The van der Waals surface area contributed by atoms with Crippen molar-refractivity contribution < 1.29 is 4.79 Å². The first-order valence-electron chi connectivity index (χ1n) is 8.35. The van der Waals surface area contributed by atoms with Gasteiger partial charge in [0.15, 0.2) is 0 Å². The number of hydrogen-bond acceptors (Lipinski definition) is 1. The zero-order valence-electron chi connectivity index (χ0n) is 13.6. The molecular weight excluding hydrogens is 306 g/mol. The van der Waals surface area contributed by atoms with E-state index in [4.69, 9.17) is 11.6 Å². The average Bonchev–Trinajstić information content (AvgIpc) is 2.57. The van der Waals surface area contributed by atoms with Crippen molar-refractivity contribution in [1.82, 2.24) is 0 Å². The Labute approximate surface area is 143 Å². The Bertz CT molecular complexity index is 605. The molecule has 1 amide bonds. The van der Waals surface area contributed by atoms with Crippen molar-refractivity contribution in [3.05, 3.63) is 64.7 Å². The lowest BCUT2D eigenvalue weighted by molar-refractivity contribution is 0.102. The van der Waals surface area contributed by atoms with Crippen LogP contribution in [0.4, 0.5) is 5.69 Å². The van der Waals surface area contributed by atoms with Crippen LogP contribution in [0.15, 0.2) is 48.5 Å². The number of aryl methyl sites for hydroxylation is 1. The molecule has 0 saturated heterocycles. The van der Waals surface area contributed by atoms with E-state index in [0.29, 0.717) is 10.6 Å². The summed E-state index contributed by atoms with van der Waals surface area (Å²) < 4.78 is 0. The van der Waals surface area contributed by atoms with Gasteiger partial charge in [-0.05, 0) is 54.8 Å². The number of rotatable bonds is 8. The molecule has 2 aromatic rings. The number of halogens is 1. The van der Waals surface area contributed by atoms with E-state index < -0.39 is 0 Å². The van der Waals surface area contributed by atoms with Crippen LogP contribution in [0.1, 0.15) is 54.9 Å². The Morgan fingerprint density at radius 2 is 1.57 bits per heavy atom. The van der Waals surface area contributed by atoms with Crippen LogP contribution in [-0.2, 0) is 6.42 Å². The number of hydrogen-bond donors (Lipinski definition) is 1. The largest absolute Gasteiger partial charge is 0.322 e. The quantitative estimate of drug-likeness (QED) is 0.582. The highest BCUT2D eigenvalue weighted by molar-refractivity contribution is 6.30. The maximum atomic E-state index is 12.2. The van der Waals surface area contributed by atoms with E-state index in [1.165, 1.54) is 37.7 Å². The Balaban J connectivity index is 1.83. The van der Waals surface area contributed by atoms with Crippen LogP contribution >= 0.6 is 11.6 Å². The first-order valence-corrected chi connectivity index (χ1v) is 8.72. The van der Waals surface area contributed by atoms with Gasteiger partial charge in [-0.3, -0.25) is 4.79 Å². The molecule has 0 aliphatic rings. The molecule has 0 saturated carbocycles. The van der Waals surface area contributed by atoms with Crippen molar-refractivity contribution in [2.75, 3.05) is 5.32 Å². The fraction of sp³-hybridized carbons (Fsp3) is 0.350. The molecule has 0 radical (unpaired) electrons. The van der Waals surface area contributed by atoms with Gasteiger partial charge in [-0.15, -0.1) is 0 Å². The summed E-state index contributed by atoms with van der Waals surface area (Å²) >= 11 is 5.84. The third-order valence-electron chi connectivity index (χ3n) is 3.89. The van der Waals surface area contributed by atoms with Crippen LogP contribution < -0.4 is 5.32 Å². The van der Waals surface area contributed by atoms with E-state index in [-0.39, 0.29) is 5.91 Å². The van der Waals surface area contributed by atoms with Crippen molar-refractivity contribution in [3.8, 4) is 0 Å². The van der Waals surface area contributed by atoms with E-state index in [9.17, 15) is 4.79 Å². The monoisotopic (exact) mass is 329 g/mol. The molecule has 0 bridgehead atoms. The second-order valence-electron chi connectivity index (χ2n) is 5.82. The number of amides is 1. The van der Waals surface area contributed by atoms with Gasteiger partial charge in [0.25, 0.3) is 5.91 Å². The molecule has 3 heteroatoms. The van der Waals surface area contributed by atoms with Crippen LogP contribution in [0.25, 0.3) is 0 Å². The number of carbonyl (C=O) groups excluding carboxylic acids is 1. The fourth-order valence-electron chi connectivity index (χ4n) is 2.49. The predicted octanol–water partition coefficient (Wildman–Crippen LogP) is 6.11. The molecule has 0 unspecified atom stereocenters. The van der Waals surface area contributed by atoms with Crippen LogP contribution in [0.5, 0.6) is 0 Å². The molecule has 0 atom stereocenters. The summed E-state index contributed by atoms with van der Waals surface area (Å²) in [5, 5.41) is 3.53. The van der Waals surface area contributed by atoms with Crippen molar-refractivity contribution >= 4 is 23.2 Å². The molecule has 2 nitrogen and oxygen atoms in total. The van der Waals surface area contributed by atoms with Gasteiger partial charge in [0.2, 0.25) is 0 Å². The first kappa shape index (κ1) is 17.6. The van der Waals surface area contributed by atoms with Gasteiger partial charge in [-0.1, -0.05) is 56.3 Å². The topological polar surface area (TPSA) is 29.1 Å². The van der Waals surface area contributed by atoms with Crippen LogP contribution in [0.3, 0.4) is 0 Å². The molecule has 0 aromatic heterocycles. The fourth-order valence-corrected chi connectivity index (χ4v) is 2.62. The zero-order valence-corrected chi connectivity index (χ0v) is 14.4. The number of unbranched alkanes of at least 4 members (excludes halogenated alkanes) is 4. The molecule has 1 N–H and O–H groups in total. The van der Waals surface area contributed by atoms with Crippen molar-refractivity contribution in [2.45, 2.75) is 45.4 Å². The van der Waals surface area contributed by atoms with Crippen molar-refractivity contribution in [1.29, 1.82) is 0 Å². The molecular formula is C20H24ClNO. The minimum Gasteiger partial charge on any atom is -0.322 e. The van der Waals surface area contributed by atoms with Crippen LogP contribution in [-0.4, -0.2) is 5.91 Å². The molecule has 0 aliphatic carbocycles. The summed E-state index contributed by atoms with van der Waals surface area (Å²) in [6, 6.07) is 15.0. The molecule has 2 rings (SSSR count). The minimum atomic E-state index is -0.0955. The summed E-state index contributed by atoms with van der Waals surface area (Å²) in [6.45, 7) is 2.23. The lowest BCUT2D eigenvalue weighted by Crippen LogP contribution is -2.11. The second-order valence-corrected chi connectivity index (χ2v) is 6.26. The minimum absolute atomic E-state index is 0.0955. The van der Waals surface area contributed by atoms with E-state index in [1.807, 2.05) is 12.1 Å². The summed E-state index contributed by atoms with van der Waals surface area (Å²) in [5.74, 6) is -0.0955. The standard InChI is InChI=1S/C20H24ClNO/c1-2-3-4-5-6-7-16-8-10-17(11-9-16)20(23)22-19-14-12-18(21)13-15-19/h8-15H,2-7H2,1H3,(H,22,23). The zero-order chi connectivity index (χ0) is 16.5. The molecule has 23 heavy (non-hydrogen) atoms. The maximum absolute atomic E-state index is 12.2. The molecule has 122 valence electrons. The highest BCUT2D eigenvalue weighted by Crippen LogP contribution is 2.15. The summed E-state index contributed by atoms with van der Waals surface area (Å²) in [6.07, 6.45) is 7.51. The highest BCUT2D eigenvalue weighted by atomic mass is 35.5. The smallest absolute Gasteiger partial charge is 0.255 e. The van der Waals surface area contributed by atoms with Gasteiger partial charge in [0.1, 0.15) is 0 Å². The third kappa shape index (κ3) is 6.07. The van der Waals surface area contributed by atoms with E-state index in [0.717, 1.165) is 12.1 Å². The predicted molar refractivity (Wildman–Crippen MR) is 98.3 cm³/mol.